The molecule has 5 rings (SSSR count). The molecule has 0 fully saturated rings. The molecule has 0 radical (unpaired) electrons. The number of fused-ring (bicyclic) bond motifs is 2. The molecule has 0 bridgehead atoms. The average molecular weight is 392 g/mol. The van der Waals surface area contributed by atoms with Gasteiger partial charge in [0.15, 0.2) is 5.78 Å². The normalized spacial score (nSPS) is 11.0. The lowest BCUT2D eigenvalue weighted by Crippen LogP contribution is -1.98. The molecule has 0 saturated carbocycles. The minimum Gasteiger partial charge on any atom is -0.497 e. The number of methoxy groups -OCH3 is 1. The summed E-state index contributed by atoms with van der Waals surface area (Å²) in [7, 11) is 1.61. The summed E-state index contributed by atoms with van der Waals surface area (Å²) in [5, 5.41) is 2.16. The van der Waals surface area contributed by atoms with E-state index in [1.807, 2.05) is 48.8 Å². The van der Waals surface area contributed by atoms with Gasteiger partial charge in [-0.05, 0) is 48.0 Å². The summed E-state index contributed by atoms with van der Waals surface area (Å²) < 4.78 is 5.21. The molecule has 2 aromatic heterocycles. The second-order valence-corrected chi connectivity index (χ2v) is 7.15. The number of ether oxygens (including phenoxy) is 1. The average Bonchev–Trinajstić information content (AvgIpc) is 3.42. The number of para-hydroxylation sites is 2. The SMILES string of the molecule is COc1ccc(C(=O)C=C(c2c[nH]c3ccccc23)c2c[nH]c3ccccc23)cc1. The van der Waals surface area contributed by atoms with Gasteiger partial charge in [0.1, 0.15) is 5.75 Å². The molecule has 2 N–H and O–H groups in total. The van der Waals surface area contributed by atoms with Gasteiger partial charge in [0.2, 0.25) is 0 Å². The fourth-order valence-electron chi connectivity index (χ4n) is 3.86. The maximum absolute atomic E-state index is 13.2. The van der Waals surface area contributed by atoms with Crippen LogP contribution in [0.3, 0.4) is 0 Å². The first-order valence-electron chi connectivity index (χ1n) is 9.77. The lowest BCUT2D eigenvalue weighted by atomic mass is 9.94. The number of nitrogens with one attached hydrogen (secondary N) is 2. The summed E-state index contributed by atoms with van der Waals surface area (Å²) in [6.45, 7) is 0. The third-order valence-electron chi connectivity index (χ3n) is 5.41. The summed E-state index contributed by atoms with van der Waals surface area (Å²) in [4.78, 5) is 19.8. The summed E-state index contributed by atoms with van der Waals surface area (Å²) in [5.41, 5.74) is 5.57. The van der Waals surface area contributed by atoms with Crippen LogP contribution in [0.2, 0.25) is 0 Å². The van der Waals surface area contributed by atoms with Gasteiger partial charge in [-0.25, -0.2) is 0 Å². The predicted octanol–water partition coefficient (Wildman–Crippen LogP) is 5.97. The van der Waals surface area contributed by atoms with Gasteiger partial charge in [0.25, 0.3) is 0 Å². The highest BCUT2D eigenvalue weighted by Gasteiger charge is 2.16. The van der Waals surface area contributed by atoms with Crippen molar-refractivity contribution in [1.82, 2.24) is 9.97 Å². The van der Waals surface area contributed by atoms with E-state index in [1.54, 1.807) is 37.5 Å². The molecule has 0 aliphatic rings. The van der Waals surface area contributed by atoms with Crippen molar-refractivity contribution in [3.05, 3.63) is 108 Å². The Labute approximate surface area is 173 Å². The molecular formula is C26H20N2O2. The maximum atomic E-state index is 13.2. The molecule has 0 spiro atoms. The largest absolute Gasteiger partial charge is 0.497 e. The van der Waals surface area contributed by atoms with E-state index in [-0.39, 0.29) is 5.78 Å². The lowest BCUT2D eigenvalue weighted by Gasteiger charge is -2.07. The Kier molecular flexibility index (Phi) is 4.45. The number of hydrogen-bond acceptors (Lipinski definition) is 2. The fourth-order valence-corrected chi connectivity index (χ4v) is 3.86. The molecule has 0 aliphatic heterocycles. The van der Waals surface area contributed by atoms with E-state index in [0.717, 1.165) is 44.3 Å². The minimum absolute atomic E-state index is 0.0526. The number of aromatic nitrogens is 2. The van der Waals surface area contributed by atoms with Crippen molar-refractivity contribution < 1.29 is 9.53 Å². The molecule has 0 unspecified atom stereocenters. The number of aromatic amines is 2. The van der Waals surface area contributed by atoms with Crippen molar-refractivity contribution in [1.29, 1.82) is 0 Å². The maximum Gasteiger partial charge on any atom is 0.186 e. The van der Waals surface area contributed by atoms with E-state index in [2.05, 4.69) is 22.1 Å². The molecule has 0 atom stereocenters. The van der Waals surface area contributed by atoms with Crippen LogP contribution in [-0.4, -0.2) is 22.9 Å². The van der Waals surface area contributed by atoms with Crippen LogP contribution < -0.4 is 4.74 Å². The van der Waals surface area contributed by atoms with Crippen LogP contribution in [0.15, 0.2) is 91.3 Å². The summed E-state index contributed by atoms with van der Waals surface area (Å²) in [6, 6.07) is 23.4. The second kappa shape index (κ2) is 7.41. The van der Waals surface area contributed by atoms with E-state index in [4.69, 9.17) is 4.74 Å². The third-order valence-corrected chi connectivity index (χ3v) is 5.41. The van der Waals surface area contributed by atoms with Crippen molar-refractivity contribution in [2.24, 2.45) is 0 Å². The van der Waals surface area contributed by atoms with Gasteiger partial charge in [-0.1, -0.05) is 36.4 Å². The smallest absolute Gasteiger partial charge is 0.186 e. The standard InChI is InChI=1S/C26H20N2O2/c1-30-18-12-10-17(11-13-18)26(29)14-21(22-15-27-24-8-4-2-6-19(22)24)23-16-28-25-9-5-3-7-20(23)25/h2-16,27-28H,1H3. The number of ketones is 1. The zero-order valence-electron chi connectivity index (χ0n) is 16.5. The van der Waals surface area contributed by atoms with Gasteiger partial charge >= 0.3 is 0 Å². The zero-order chi connectivity index (χ0) is 20.5. The molecule has 2 heterocycles. The van der Waals surface area contributed by atoms with Crippen LogP contribution in [0.4, 0.5) is 0 Å². The quantitative estimate of drug-likeness (QED) is 0.286. The molecule has 4 heteroatoms. The predicted molar refractivity (Wildman–Crippen MR) is 121 cm³/mol. The van der Waals surface area contributed by atoms with Crippen LogP contribution in [0.1, 0.15) is 21.5 Å². The fraction of sp³-hybridized carbons (Fsp3) is 0.0385. The topological polar surface area (TPSA) is 57.9 Å². The molecule has 4 nitrogen and oxygen atoms in total. The van der Waals surface area contributed by atoms with Crippen LogP contribution in [0.5, 0.6) is 5.75 Å². The van der Waals surface area contributed by atoms with Crippen molar-refractivity contribution >= 4 is 33.2 Å². The highest BCUT2D eigenvalue weighted by atomic mass is 16.5. The zero-order valence-corrected chi connectivity index (χ0v) is 16.5. The van der Waals surface area contributed by atoms with E-state index in [0.29, 0.717) is 5.56 Å². The molecule has 0 saturated heterocycles. The van der Waals surface area contributed by atoms with Crippen LogP contribution in [0, 0.1) is 0 Å². The number of carbonyl (C=O) groups excluding carboxylic acids is 1. The van der Waals surface area contributed by atoms with Crippen LogP contribution >= 0.6 is 0 Å². The van der Waals surface area contributed by atoms with E-state index >= 15 is 0 Å². The number of hydrogen-bond donors (Lipinski definition) is 2. The molecule has 30 heavy (non-hydrogen) atoms. The minimum atomic E-state index is -0.0526. The first-order chi connectivity index (χ1) is 14.7. The van der Waals surface area contributed by atoms with E-state index in [9.17, 15) is 4.79 Å². The Hall–Kier alpha value is -4.05. The third kappa shape index (κ3) is 3.08. The van der Waals surface area contributed by atoms with Gasteiger partial charge in [-0.3, -0.25) is 4.79 Å². The van der Waals surface area contributed by atoms with Crippen LogP contribution in [-0.2, 0) is 0 Å². The van der Waals surface area contributed by atoms with Crippen molar-refractivity contribution in [3.63, 3.8) is 0 Å². The molecular weight excluding hydrogens is 372 g/mol. The summed E-state index contributed by atoms with van der Waals surface area (Å²) >= 11 is 0. The molecule has 0 aliphatic carbocycles. The molecule has 0 amide bonds. The molecule has 5 aromatic rings. The Morgan fingerprint density at radius 1 is 0.767 bits per heavy atom. The summed E-state index contributed by atoms with van der Waals surface area (Å²) in [5.74, 6) is 0.673. The molecule has 3 aromatic carbocycles. The van der Waals surface area contributed by atoms with Gasteiger partial charge in [-0.2, -0.15) is 0 Å². The number of carbonyl (C=O) groups is 1. The highest BCUT2D eigenvalue weighted by molar-refractivity contribution is 6.14. The van der Waals surface area contributed by atoms with E-state index in [1.165, 1.54) is 0 Å². The number of allylic oxidation sites excluding steroid dienone is 1. The monoisotopic (exact) mass is 392 g/mol. The van der Waals surface area contributed by atoms with Crippen molar-refractivity contribution in [3.8, 4) is 5.75 Å². The lowest BCUT2D eigenvalue weighted by molar-refractivity contribution is 0.104. The number of rotatable bonds is 5. The van der Waals surface area contributed by atoms with Gasteiger partial charge in [0.05, 0.1) is 7.11 Å². The first-order valence-corrected chi connectivity index (χ1v) is 9.77. The first kappa shape index (κ1) is 18.0. The Balaban J connectivity index is 1.70. The second-order valence-electron chi connectivity index (χ2n) is 7.15. The van der Waals surface area contributed by atoms with Gasteiger partial charge in [0, 0.05) is 50.9 Å². The Morgan fingerprint density at radius 2 is 1.30 bits per heavy atom. The number of benzene rings is 3. The van der Waals surface area contributed by atoms with Gasteiger partial charge in [-0.15, -0.1) is 0 Å². The van der Waals surface area contributed by atoms with Crippen LogP contribution in [0.25, 0.3) is 27.4 Å². The summed E-state index contributed by atoms with van der Waals surface area (Å²) in [6.07, 6.45) is 5.67. The van der Waals surface area contributed by atoms with Crippen molar-refractivity contribution in [2.45, 2.75) is 0 Å². The van der Waals surface area contributed by atoms with E-state index < -0.39 is 0 Å². The molecule has 146 valence electrons. The van der Waals surface area contributed by atoms with Crippen molar-refractivity contribution in [2.75, 3.05) is 7.11 Å². The number of H-pyrrole nitrogens is 2. The Bertz CT molecular complexity index is 1310. The van der Waals surface area contributed by atoms with Gasteiger partial charge < -0.3 is 14.7 Å². The highest BCUT2D eigenvalue weighted by Crippen LogP contribution is 2.34. The Morgan fingerprint density at radius 3 is 1.83 bits per heavy atom.